The Kier molecular flexibility index (Phi) is 9.41. The van der Waals surface area contributed by atoms with E-state index in [4.69, 9.17) is 4.98 Å². The SMILES string of the molecule is CCS(=O)(=O)C[C@H]1C[C@@H](Nc2nc(N[C@H](C)c3ccc(OC(F)(F)F)cc3F)nc(C)c2-c2nc3c(C)nccc3s2)[C@H](O)[C@@H]1O. The summed E-state index contributed by atoms with van der Waals surface area (Å²) in [6, 6.07) is 3.01. The highest BCUT2D eigenvalue weighted by molar-refractivity contribution is 7.91. The third kappa shape index (κ3) is 7.32. The minimum atomic E-state index is -4.97. The van der Waals surface area contributed by atoms with Crippen molar-refractivity contribution >= 4 is 43.2 Å². The van der Waals surface area contributed by atoms with Crippen LogP contribution in [-0.4, -0.2) is 74.7 Å². The molecule has 11 nitrogen and oxygen atoms in total. The first-order valence-corrected chi connectivity index (χ1v) is 16.9. The molecule has 1 aliphatic rings. The van der Waals surface area contributed by atoms with Crippen LogP contribution >= 0.6 is 11.3 Å². The number of rotatable bonds is 10. The van der Waals surface area contributed by atoms with Gasteiger partial charge in [0.1, 0.15) is 43.9 Å². The summed E-state index contributed by atoms with van der Waals surface area (Å²) in [7, 11) is -3.44. The minimum absolute atomic E-state index is 0.0258. The zero-order valence-corrected chi connectivity index (χ0v) is 26.8. The fourth-order valence-corrected chi connectivity index (χ4v) is 7.80. The van der Waals surface area contributed by atoms with E-state index in [-0.39, 0.29) is 35.3 Å². The standard InChI is InChI=1S/C29H32F4N6O5S2/c1-5-46(42,43)12-16-10-20(25(41)24(16)40)37-26-22(27-38-23-15(4)34-9-8-21(23)45-27)14(3)36-28(39-26)35-13(2)18-7-6-17(11-19(18)30)44-29(31,32)33/h6-9,11,13,16,20,24-25,40-41H,5,10,12H2,1-4H3,(H2,35,36,37,39)/t13-,16-,20-,24-,25+/m1/s1. The second-order valence-corrected chi connectivity index (χ2v) is 14.6. The largest absolute Gasteiger partial charge is 0.573 e. The summed E-state index contributed by atoms with van der Waals surface area (Å²) in [5.41, 5.74) is 2.36. The molecule has 4 N–H and O–H groups in total. The van der Waals surface area contributed by atoms with Gasteiger partial charge in [-0.05, 0) is 39.3 Å². The molecular formula is C29H32F4N6O5S2. The summed E-state index contributed by atoms with van der Waals surface area (Å²) in [6.07, 6.45) is -5.79. The maximum absolute atomic E-state index is 14.8. The number of benzene rings is 1. The number of aromatic nitrogens is 4. The van der Waals surface area contributed by atoms with Crippen molar-refractivity contribution in [1.82, 2.24) is 19.9 Å². The first-order chi connectivity index (χ1) is 21.5. The van der Waals surface area contributed by atoms with E-state index >= 15 is 0 Å². The zero-order chi connectivity index (χ0) is 33.6. The van der Waals surface area contributed by atoms with Crippen molar-refractivity contribution in [2.75, 3.05) is 22.1 Å². The second kappa shape index (κ2) is 12.8. The molecule has 0 saturated heterocycles. The zero-order valence-electron chi connectivity index (χ0n) is 25.1. The van der Waals surface area contributed by atoms with E-state index in [9.17, 15) is 36.2 Å². The van der Waals surface area contributed by atoms with Crippen LogP contribution in [0.2, 0.25) is 0 Å². The smallest absolute Gasteiger partial charge is 0.406 e. The highest BCUT2D eigenvalue weighted by Gasteiger charge is 2.43. The molecule has 0 bridgehead atoms. The summed E-state index contributed by atoms with van der Waals surface area (Å²) in [5, 5.41) is 28.3. The molecule has 17 heteroatoms. The van der Waals surface area contributed by atoms with Gasteiger partial charge in [0.05, 0.1) is 45.6 Å². The number of hydrogen-bond acceptors (Lipinski definition) is 12. The van der Waals surface area contributed by atoms with Crippen LogP contribution < -0.4 is 15.4 Å². The third-order valence-electron chi connectivity index (χ3n) is 7.84. The second-order valence-electron chi connectivity index (χ2n) is 11.1. The number of aliphatic hydroxyl groups excluding tert-OH is 2. The van der Waals surface area contributed by atoms with E-state index in [0.29, 0.717) is 33.5 Å². The Bertz CT molecular complexity index is 1860. The van der Waals surface area contributed by atoms with Crippen LogP contribution in [0.4, 0.5) is 29.3 Å². The van der Waals surface area contributed by atoms with Crippen LogP contribution in [0.1, 0.15) is 43.3 Å². The number of ether oxygens (including phenoxy) is 1. The molecule has 46 heavy (non-hydrogen) atoms. The van der Waals surface area contributed by atoms with E-state index in [1.165, 1.54) is 18.3 Å². The van der Waals surface area contributed by atoms with E-state index in [1.807, 2.05) is 13.0 Å². The third-order valence-corrected chi connectivity index (χ3v) is 10.7. The lowest BCUT2D eigenvalue weighted by Crippen LogP contribution is -2.36. The molecule has 0 spiro atoms. The van der Waals surface area contributed by atoms with Crippen LogP contribution in [0.3, 0.4) is 0 Å². The van der Waals surface area contributed by atoms with Crippen LogP contribution in [0.25, 0.3) is 20.8 Å². The van der Waals surface area contributed by atoms with Gasteiger partial charge in [-0.15, -0.1) is 24.5 Å². The summed E-state index contributed by atoms with van der Waals surface area (Å²) in [6.45, 7) is 6.61. The Morgan fingerprint density at radius 1 is 1.11 bits per heavy atom. The maximum atomic E-state index is 14.8. The lowest BCUT2D eigenvalue weighted by Gasteiger charge is -2.22. The molecule has 1 aliphatic carbocycles. The molecule has 0 radical (unpaired) electrons. The van der Waals surface area contributed by atoms with E-state index in [0.717, 1.165) is 16.8 Å². The van der Waals surface area contributed by atoms with E-state index in [2.05, 4.69) is 30.3 Å². The van der Waals surface area contributed by atoms with Crippen LogP contribution in [-0.2, 0) is 9.84 Å². The fraction of sp³-hybridized carbons (Fsp3) is 0.448. The Labute approximate surface area is 266 Å². The average molecular weight is 685 g/mol. The molecule has 1 aromatic carbocycles. The van der Waals surface area contributed by atoms with Crippen LogP contribution in [0.15, 0.2) is 30.5 Å². The number of pyridine rings is 1. The minimum Gasteiger partial charge on any atom is -0.406 e. The highest BCUT2D eigenvalue weighted by atomic mass is 32.2. The number of fused-ring (bicyclic) bond motifs is 1. The molecule has 3 aromatic heterocycles. The van der Waals surface area contributed by atoms with Gasteiger partial charge in [-0.1, -0.05) is 13.0 Å². The predicted molar refractivity (Wildman–Crippen MR) is 165 cm³/mol. The van der Waals surface area contributed by atoms with Crippen molar-refractivity contribution < 1.29 is 40.9 Å². The van der Waals surface area contributed by atoms with Crippen molar-refractivity contribution in [3.8, 4) is 16.3 Å². The lowest BCUT2D eigenvalue weighted by atomic mass is 10.1. The number of halogens is 4. The monoisotopic (exact) mass is 684 g/mol. The molecule has 4 aromatic rings. The molecule has 1 fully saturated rings. The number of aliphatic hydroxyl groups is 2. The van der Waals surface area contributed by atoms with Gasteiger partial charge in [-0.3, -0.25) is 4.98 Å². The van der Waals surface area contributed by atoms with E-state index in [1.54, 1.807) is 20.0 Å². The van der Waals surface area contributed by atoms with Gasteiger partial charge in [0.15, 0.2) is 0 Å². The summed E-state index contributed by atoms with van der Waals surface area (Å²) >= 11 is 1.36. The number of alkyl halides is 3. The van der Waals surface area contributed by atoms with Crippen molar-refractivity contribution in [2.45, 2.75) is 64.8 Å². The van der Waals surface area contributed by atoms with Gasteiger partial charge in [-0.25, -0.2) is 22.8 Å². The Morgan fingerprint density at radius 2 is 1.85 bits per heavy atom. The molecule has 5 atom stereocenters. The first-order valence-electron chi connectivity index (χ1n) is 14.3. The van der Waals surface area contributed by atoms with Gasteiger partial charge in [0, 0.05) is 29.5 Å². The summed E-state index contributed by atoms with van der Waals surface area (Å²) in [5.74, 6) is -2.50. The first kappa shape index (κ1) is 33.7. The Balaban J connectivity index is 1.50. The number of nitrogens with zero attached hydrogens (tertiary/aromatic N) is 4. The number of hydrogen-bond donors (Lipinski definition) is 4. The summed E-state index contributed by atoms with van der Waals surface area (Å²) in [4.78, 5) is 18.2. The van der Waals surface area contributed by atoms with Gasteiger partial charge in [0.2, 0.25) is 5.95 Å². The molecule has 0 aliphatic heterocycles. The van der Waals surface area contributed by atoms with Crippen LogP contribution in [0.5, 0.6) is 5.75 Å². The van der Waals surface area contributed by atoms with Gasteiger partial charge in [0.25, 0.3) is 0 Å². The maximum Gasteiger partial charge on any atom is 0.573 e. The number of aryl methyl sites for hydroxylation is 2. The van der Waals surface area contributed by atoms with Gasteiger partial charge < -0.3 is 25.6 Å². The van der Waals surface area contributed by atoms with Crippen molar-refractivity contribution in [3.05, 3.63) is 53.2 Å². The summed E-state index contributed by atoms with van der Waals surface area (Å²) < 4.78 is 81.9. The molecule has 0 amide bonds. The Morgan fingerprint density at radius 3 is 2.50 bits per heavy atom. The van der Waals surface area contributed by atoms with Crippen LogP contribution in [0, 0.1) is 25.6 Å². The molecule has 5 rings (SSSR count). The topological polar surface area (TPSA) is 159 Å². The molecular weight excluding hydrogens is 652 g/mol. The highest BCUT2D eigenvalue weighted by Crippen LogP contribution is 2.39. The molecule has 0 unspecified atom stereocenters. The average Bonchev–Trinajstić information content (AvgIpc) is 3.49. The number of anilines is 2. The number of sulfone groups is 1. The number of thiazole rings is 1. The van der Waals surface area contributed by atoms with Crippen molar-refractivity contribution in [1.29, 1.82) is 0 Å². The quantitative estimate of drug-likeness (QED) is 0.168. The molecule has 248 valence electrons. The lowest BCUT2D eigenvalue weighted by molar-refractivity contribution is -0.274. The molecule has 1 saturated carbocycles. The Hall–Kier alpha value is -3.67. The van der Waals surface area contributed by atoms with Gasteiger partial charge >= 0.3 is 6.36 Å². The normalized spacial score (nSPS) is 21.0. The molecule has 3 heterocycles. The van der Waals surface area contributed by atoms with Crippen molar-refractivity contribution in [2.24, 2.45) is 5.92 Å². The fourth-order valence-electron chi connectivity index (χ4n) is 5.47. The number of nitrogens with one attached hydrogen (secondary N) is 2. The van der Waals surface area contributed by atoms with Crippen molar-refractivity contribution in [3.63, 3.8) is 0 Å². The predicted octanol–water partition coefficient (Wildman–Crippen LogP) is 4.93. The van der Waals surface area contributed by atoms with E-state index < -0.39 is 58.0 Å². The van der Waals surface area contributed by atoms with Gasteiger partial charge in [-0.2, -0.15) is 4.98 Å².